The van der Waals surface area contributed by atoms with Crippen molar-refractivity contribution < 1.29 is 13.2 Å². The van der Waals surface area contributed by atoms with E-state index in [2.05, 4.69) is 16.9 Å². The van der Waals surface area contributed by atoms with Crippen molar-refractivity contribution in [2.45, 2.75) is 24.2 Å². The minimum absolute atomic E-state index is 0.0612. The molecule has 2 aromatic rings. The van der Waals surface area contributed by atoms with E-state index in [9.17, 15) is 13.2 Å². The second-order valence-corrected chi connectivity index (χ2v) is 9.49. The monoisotopic (exact) mass is 440 g/mol. The van der Waals surface area contributed by atoms with E-state index >= 15 is 0 Å². The molecule has 2 aromatic carbocycles. The average Bonchev–Trinajstić information content (AvgIpc) is 2.69. The first-order valence-corrected chi connectivity index (χ1v) is 11.4. The summed E-state index contributed by atoms with van der Waals surface area (Å²) in [6.45, 7) is 0.973. The molecule has 1 aliphatic heterocycles. The van der Waals surface area contributed by atoms with Crippen molar-refractivity contribution in [2.24, 2.45) is 5.92 Å². The van der Waals surface area contributed by atoms with Gasteiger partial charge in [-0.25, -0.2) is 13.1 Å². The Balaban J connectivity index is 1.51. The third-order valence-corrected chi connectivity index (χ3v) is 7.05. The van der Waals surface area contributed by atoms with Crippen molar-refractivity contribution in [1.29, 1.82) is 0 Å². The predicted molar refractivity (Wildman–Crippen MR) is 111 cm³/mol. The van der Waals surface area contributed by atoms with Gasteiger partial charge in [0, 0.05) is 18.1 Å². The molecule has 0 saturated carbocycles. The molecule has 150 valence electrons. The maximum atomic E-state index is 12.4. The van der Waals surface area contributed by atoms with E-state index in [0.29, 0.717) is 19.0 Å². The van der Waals surface area contributed by atoms with E-state index in [0.717, 1.165) is 19.3 Å². The molecule has 1 fully saturated rings. The molecule has 1 N–H and O–H groups in total. The summed E-state index contributed by atoms with van der Waals surface area (Å²) in [4.78, 5) is 14.0. The Morgan fingerprint density at radius 2 is 1.75 bits per heavy atom. The molecule has 0 aliphatic carbocycles. The zero-order valence-corrected chi connectivity index (χ0v) is 17.6. The Hall–Kier alpha value is -1.60. The topological polar surface area (TPSA) is 66.5 Å². The normalized spacial score (nSPS) is 15.6. The lowest BCUT2D eigenvalue weighted by molar-refractivity contribution is -0.131. The van der Waals surface area contributed by atoms with Crippen molar-refractivity contribution in [3.63, 3.8) is 0 Å². The van der Waals surface area contributed by atoms with Crippen LogP contribution in [0, 0.1) is 5.92 Å². The predicted octanol–water partition coefficient (Wildman–Crippen LogP) is 3.75. The Bertz CT molecular complexity index is 928. The highest BCUT2D eigenvalue weighted by atomic mass is 35.5. The van der Waals surface area contributed by atoms with Crippen LogP contribution in [0.3, 0.4) is 0 Å². The fourth-order valence-corrected chi connectivity index (χ4v) is 5.10. The van der Waals surface area contributed by atoms with E-state index in [1.807, 2.05) is 18.2 Å². The number of nitrogens with zero attached hydrogens (tertiary/aromatic N) is 1. The van der Waals surface area contributed by atoms with Crippen LogP contribution in [-0.2, 0) is 21.2 Å². The van der Waals surface area contributed by atoms with E-state index < -0.39 is 10.0 Å². The van der Waals surface area contributed by atoms with Gasteiger partial charge in [0.15, 0.2) is 0 Å². The third kappa shape index (κ3) is 5.47. The molecule has 0 radical (unpaired) electrons. The van der Waals surface area contributed by atoms with Crippen LogP contribution in [0.4, 0.5) is 0 Å². The van der Waals surface area contributed by atoms with Crippen LogP contribution >= 0.6 is 23.2 Å². The highest BCUT2D eigenvalue weighted by Gasteiger charge is 2.25. The van der Waals surface area contributed by atoms with Crippen LogP contribution in [-0.4, -0.2) is 38.9 Å². The Morgan fingerprint density at radius 1 is 1.07 bits per heavy atom. The second-order valence-electron chi connectivity index (χ2n) is 6.91. The molecule has 0 aromatic heterocycles. The van der Waals surface area contributed by atoms with E-state index in [1.54, 1.807) is 4.90 Å². The van der Waals surface area contributed by atoms with Crippen molar-refractivity contribution in [3.8, 4) is 0 Å². The molecular formula is C20H22Cl2N2O3S. The number of carbonyl (C=O) groups excluding carboxylic acids is 1. The number of rotatable bonds is 6. The lowest BCUT2D eigenvalue weighted by Crippen LogP contribution is -2.44. The number of nitrogens with one attached hydrogen (secondary N) is 1. The highest BCUT2D eigenvalue weighted by Crippen LogP contribution is 2.25. The molecule has 8 heteroatoms. The number of hydrogen-bond acceptors (Lipinski definition) is 3. The standard InChI is InChI=1S/C20H22Cl2N2O3S/c21-17-6-7-18(22)19(13-17)28(26,27)23-14-20(25)24-10-8-16(9-11-24)12-15-4-2-1-3-5-15/h1-7,13,16,23H,8-12,14H2. The van der Waals surface area contributed by atoms with Crippen molar-refractivity contribution in [3.05, 3.63) is 64.1 Å². The summed E-state index contributed by atoms with van der Waals surface area (Å²) in [5, 5.41) is 0.322. The number of amides is 1. The Kier molecular flexibility index (Phi) is 6.99. The molecule has 0 bridgehead atoms. The summed E-state index contributed by atoms with van der Waals surface area (Å²) >= 11 is 11.8. The molecular weight excluding hydrogens is 419 g/mol. The lowest BCUT2D eigenvalue weighted by Gasteiger charge is -2.32. The molecule has 1 heterocycles. The van der Waals surface area contributed by atoms with Gasteiger partial charge in [-0.15, -0.1) is 0 Å². The molecule has 1 saturated heterocycles. The van der Waals surface area contributed by atoms with Gasteiger partial charge in [0.25, 0.3) is 0 Å². The van der Waals surface area contributed by atoms with Gasteiger partial charge in [0.2, 0.25) is 15.9 Å². The molecule has 3 rings (SSSR count). The lowest BCUT2D eigenvalue weighted by atomic mass is 9.90. The fourth-order valence-electron chi connectivity index (χ4n) is 3.36. The number of sulfonamides is 1. The number of piperidine rings is 1. The van der Waals surface area contributed by atoms with E-state index in [4.69, 9.17) is 23.2 Å². The van der Waals surface area contributed by atoms with Gasteiger partial charge in [-0.2, -0.15) is 0 Å². The SMILES string of the molecule is O=C(CNS(=O)(=O)c1cc(Cl)ccc1Cl)N1CCC(Cc2ccccc2)CC1. The summed E-state index contributed by atoms with van der Waals surface area (Å²) in [5.74, 6) is 0.299. The zero-order chi connectivity index (χ0) is 20.1. The largest absolute Gasteiger partial charge is 0.342 e. The molecule has 0 atom stereocenters. The number of hydrogen-bond donors (Lipinski definition) is 1. The van der Waals surface area contributed by atoms with Crippen LogP contribution in [0.15, 0.2) is 53.4 Å². The number of carbonyl (C=O) groups is 1. The van der Waals surface area contributed by atoms with Crippen molar-refractivity contribution in [2.75, 3.05) is 19.6 Å². The molecule has 0 unspecified atom stereocenters. The fraction of sp³-hybridized carbons (Fsp3) is 0.350. The third-order valence-electron chi connectivity index (χ3n) is 4.93. The minimum atomic E-state index is -3.91. The summed E-state index contributed by atoms with van der Waals surface area (Å²) in [7, 11) is -3.91. The Labute approximate surface area is 175 Å². The average molecular weight is 441 g/mol. The van der Waals surface area contributed by atoms with Gasteiger partial charge in [0.1, 0.15) is 4.90 Å². The van der Waals surface area contributed by atoms with Gasteiger partial charge in [-0.3, -0.25) is 4.79 Å². The summed E-state index contributed by atoms with van der Waals surface area (Å²) < 4.78 is 27.2. The number of halogens is 2. The van der Waals surface area contributed by atoms with Crippen LogP contribution in [0.25, 0.3) is 0 Å². The zero-order valence-electron chi connectivity index (χ0n) is 15.3. The maximum Gasteiger partial charge on any atom is 0.242 e. The van der Waals surface area contributed by atoms with Gasteiger partial charge < -0.3 is 4.90 Å². The minimum Gasteiger partial charge on any atom is -0.342 e. The smallest absolute Gasteiger partial charge is 0.242 e. The summed E-state index contributed by atoms with van der Waals surface area (Å²) in [6.07, 6.45) is 2.82. The van der Waals surface area contributed by atoms with Gasteiger partial charge in [0.05, 0.1) is 11.6 Å². The number of benzene rings is 2. The molecule has 28 heavy (non-hydrogen) atoms. The van der Waals surface area contributed by atoms with Gasteiger partial charge >= 0.3 is 0 Å². The Morgan fingerprint density at radius 3 is 2.43 bits per heavy atom. The molecule has 0 spiro atoms. The van der Waals surface area contributed by atoms with E-state index in [-0.39, 0.29) is 27.4 Å². The van der Waals surface area contributed by atoms with Crippen LogP contribution < -0.4 is 4.72 Å². The highest BCUT2D eigenvalue weighted by molar-refractivity contribution is 7.89. The summed E-state index contributed by atoms with van der Waals surface area (Å²) in [5.41, 5.74) is 1.30. The van der Waals surface area contributed by atoms with Crippen LogP contribution in [0.2, 0.25) is 10.0 Å². The quantitative estimate of drug-likeness (QED) is 0.743. The second kappa shape index (κ2) is 9.27. The van der Waals surface area contributed by atoms with Crippen molar-refractivity contribution >= 4 is 39.1 Å². The van der Waals surface area contributed by atoms with Crippen molar-refractivity contribution in [1.82, 2.24) is 9.62 Å². The van der Waals surface area contributed by atoms with Gasteiger partial charge in [-0.05, 0) is 48.9 Å². The maximum absolute atomic E-state index is 12.4. The first kappa shape index (κ1) is 21.1. The first-order chi connectivity index (χ1) is 13.3. The molecule has 1 aliphatic rings. The molecule has 5 nitrogen and oxygen atoms in total. The van der Waals surface area contributed by atoms with Gasteiger partial charge in [-0.1, -0.05) is 53.5 Å². The molecule has 1 amide bonds. The van der Waals surface area contributed by atoms with E-state index in [1.165, 1.54) is 23.8 Å². The summed E-state index contributed by atoms with van der Waals surface area (Å²) in [6, 6.07) is 14.5. The first-order valence-electron chi connectivity index (χ1n) is 9.11. The van der Waals surface area contributed by atoms with Crippen LogP contribution in [0.1, 0.15) is 18.4 Å². The van der Waals surface area contributed by atoms with Crippen LogP contribution in [0.5, 0.6) is 0 Å². The number of likely N-dealkylation sites (tertiary alicyclic amines) is 1.